The van der Waals surface area contributed by atoms with E-state index in [0.717, 1.165) is 17.5 Å². The fraction of sp³-hybridized carbons (Fsp3) is 0.267. The summed E-state index contributed by atoms with van der Waals surface area (Å²) in [5.74, 6) is 0. The molecule has 0 saturated carbocycles. The van der Waals surface area contributed by atoms with Crippen molar-refractivity contribution in [2.75, 3.05) is 4.72 Å². The van der Waals surface area contributed by atoms with Crippen LogP contribution in [0.1, 0.15) is 23.6 Å². The van der Waals surface area contributed by atoms with E-state index in [0.29, 0.717) is 11.3 Å². The highest BCUT2D eigenvalue weighted by Crippen LogP contribution is 2.21. The van der Waals surface area contributed by atoms with Gasteiger partial charge in [-0.3, -0.25) is 9.71 Å². The molecule has 0 saturated heterocycles. The molecule has 5 nitrogen and oxygen atoms in total. The summed E-state index contributed by atoms with van der Waals surface area (Å²) in [5, 5.41) is 9.35. The molecule has 21 heavy (non-hydrogen) atoms. The van der Waals surface area contributed by atoms with Gasteiger partial charge in [-0.2, -0.15) is 0 Å². The molecule has 0 unspecified atom stereocenters. The zero-order valence-electron chi connectivity index (χ0n) is 12.0. The molecule has 0 spiro atoms. The van der Waals surface area contributed by atoms with Crippen LogP contribution < -0.4 is 4.72 Å². The van der Waals surface area contributed by atoms with E-state index in [1.54, 1.807) is 31.3 Å². The molecule has 112 valence electrons. The molecule has 2 aromatic rings. The summed E-state index contributed by atoms with van der Waals surface area (Å²) in [6, 6.07) is 6.41. The number of hydrogen-bond donors (Lipinski definition) is 2. The third-order valence-corrected chi connectivity index (χ3v) is 4.67. The molecule has 0 amide bonds. The monoisotopic (exact) mass is 306 g/mol. The number of nitrogens with zero attached hydrogens (tertiary/aromatic N) is 1. The van der Waals surface area contributed by atoms with E-state index in [2.05, 4.69) is 9.71 Å². The number of aliphatic hydroxyl groups excluding tert-OH is 1. The molecule has 2 N–H and O–H groups in total. The summed E-state index contributed by atoms with van der Waals surface area (Å²) in [5.41, 5.74) is 2.81. The van der Waals surface area contributed by atoms with E-state index in [1.807, 2.05) is 6.92 Å². The Morgan fingerprint density at radius 2 is 2.00 bits per heavy atom. The average Bonchev–Trinajstić information content (AvgIpc) is 2.48. The zero-order chi connectivity index (χ0) is 15.5. The minimum absolute atomic E-state index is 0.139. The zero-order valence-corrected chi connectivity index (χ0v) is 12.8. The third kappa shape index (κ3) is 3.40. The summed E-state index contributed by atoms with van der Waals surface area (Å²) >= 11 is 0. The van der Waals surface area contributed by atoms with Crippen LogP contribution in [0.25, 0.3) is 0 Å². The maximum atomic E-state index is 12.4. The molecule has 0 aliphatic heterocycles. The Hall–Kier alpha value is -1.92. The molecule has 1 aromatic carbocycles. The van der Waals surface area contributed by atoms with Crippen LogP contribution in [0.5, 0.6) is 0 Å². The molecule has 0 radical (unpaired) electrons. The maximum Gasteiger partial charge on any atom is 0.261 e. The smallest absolute Gasteiger partial charge is 0.261 e. The van der Waals surface area contributed by atoms with E-state index < -0.39 is 10.0 Å². The average molecular weight is 306 g/mol. The fourth-order valence-corrected chi connectivity index (χ4v) is 3.23. The second-order valence-electron chi connectivity index (χ2n) is 4.74. The summed E-state index contributed by atoms with van der Waals surface area (Å²) in [7, 11) is -3.68. The summed E-state index contributed by atoms with van der Waals surface area (Å²) in [6.45, 7) is 3.56. The van der Waals surface area contributed by atoms with Crippen LogP contribution in [0, 0.1) is 6.92 Å². The van der Waals surface area contributed by atoms with E-state index >= 15 is 0 Å². The van der Waals surface area contributed by atoms with E-state index in [9.17, 15) is 13.5 Å². The molecular formula is C15H18N2O3S. The number of hydrogen-bond acceptors (Lipinski definition) is 4. The lowest BCUT2D eigenvalue weighted by atomic mass is 10.1. The van der Waals surface area contributed by atoms with Crippen LogP contribution in [0.15, 0.2) is 41.6 Å². The second-order valence-corrected chi connectivity index (χ2v) is 6.42. The minimum Gasteiger partial charge on any atom is -0.392 e. The van der Waals surface area contributed by atoms with Gasteiger partial charge in [0.25, 0.3) is 10.0 Å². The molecular weight excluding hydrogens is 288 g/mol. The Kier molecular flexibility index (Phi) is 4.59. The number of aliphatic hydroxyl groups is 1. The molecule has 2 rings (SSSR count). The fourth-order valence-electron chi connectivity index (χ4n) is 2.05. The van der Waals surface area contributed by atoms with E-state index in [-0.39, 0.29) is 11.5 Å². The maximum absolute atomic E-state index is 12.4. The Morgan fingerprint density at radius 1 is 1.24 bits per heavy atom. The summed E-state index contributed by atoms with van der Waals surface area (Å²) < 4.78 is 27.4. The number of anilines is 1. The molecule has 1 aromatic heterocycles. The van der Waals surface area contributed by atoms with Crippen molar-refractivity contribution in [2.45, 2.75) is 31.8 Å². The molecule has 0 fully saturated rings. The van der Waals surface area contributed by atoms with Crippen molar-refractivity contribution >= 4 is 15.7 Å². The van der Waals surface area contributed by atoms with Crippen LogP contribution in [-0.2, 0) is 23.1 Å². The van der Waals surface area contributed by atoms with Gasteiger partial charge in [-0.25, -0.2) is 8.42 Å². The number of nitrogens with one attached hydrogen (secondary N) is 1. The van der Waals surface area contributed by atoms with Crippen LogP contribution >= 0.6 is 0 Å². The van der Waals surface area contributed by atoms with Crippen molar-refractivity contribution < 1.29 is 13.5 Å². The van der Waals surface area contributed by atoms with Crippen molar-refractivity contribution in [3.63, 3.8) is 0 Å². The lowest BCUT2D eigenvalue weighted by Gasteiger charge is -2.12. The highest BCUT2D eigenvalue weighted by molar-refractivity contribution is 7.92. The van der Waals surface area contributed by atoms with Gasteiger partial charge in [0.05, 0.1) is 17.2 Å². The first-order chi connectivity index (χ1) is 9.97. The molecule has 0 aliphatic carbocycles. The molecule has 1 heterocycles. The predicted octanol–water partition coefficient (Wildman–Crippen LogP) is 2.25. The topological polar surface area (TPSA) is 79.3 Å². The lowest BCUT2D eigenvalue weighted by molar-refractivity contribution is 0.280. The lowest BCUT2D eigenvalue weighted by Crippen LogP contribution is -2.14. The first-order valence-corrected chi connectivity index (χ1v) is 8.12. The first kappa shape index (κ1) is 15.5. The standard InChI is InChI=1S/C15H18N2O3S/c1-3-12-4-5-14(8-13(12)10-18)21(19,20)17-15-6-7-16-9-11(15)2/h4-9,18H,3,10H2,1-2H3,(H,16,17). The third-order valence-electron chi connectivity index (χ3n) is 3.30. The highest BCUT2D eigenvalue weighted by Gasteiger charge is 2.16. The second kappa shape index (κ2) is 6.24. The van der Waals surface area contributed by atoms with Crippen LogP contribution in [0.4, 0.5) is 5.69 Å². The minimum atomic E-state index is -3.68. The first-order valence-electron chi connectivity index (χ1n) is 6.64. The number of sulfonamides is 1. The molecule has 0 atom stereocenters. The van der Waals surface area contributed by atoms with E-state index in [1.165, 1.54) is 12.3 Å². The predicted molar refractivity (Wildman–Crippen MR) is 81.5 cm³/mol. The normalized spacial score (nSPS) is 11.4. The Morgan fingerprint density at radius 3 is 2.62 bits per heavy atom. The van der Waals surface area contributed by atoms with Crippen LogP contribution in [0.2, 0.25) is 0 Å². The van der Waals surface area contributed by atoms with Gasteiger partial charge in [-0.1, -0.05) is 13.0 Å². The molecule has 0 bridgehead atoms. The van der Waals surface area contributed by atoms with Gasteiger partial charge in [-0.05, 0) is 48.2 Å². The highest BCUT2D eigenvalue weighted by atomic mass is 32.2. The van der Waals surface area contributed by atoms with Gasteiger partial charge in [0.15, 0.2) is 0 Å². The van der Waals surface area contributed by atoms with Crippen molar-refractivity contribution in [3.8, 4) is 0 Å². The Labute approximate surface area is 124 Å². The van der Waals surface area contributed by atoms with E-state index in [4.69, 9.17) is 0 Å². The van der Waals surface area contributed by atoms with Crippen LogP contribution in [0.3, 0.4) is 0 Å². The van der Waals surface area contributed by atoms with Gasteiger partial charge < -0.3 is 5.11 Å². The van der Waals surface area contributed by atoms with Crippen LogP contribution in [-0.4, -0.2) is 18.5 Å². The number of aromatic nitrogens is 1. The van der Waals surface area contributed by atoms with Gasteiger partial charge in [0.2, 0.25) is 0 Å². The number of aryl methyl sites for hydroxylation is 2. The van der Waals surface area contributed by atoms with Gasteiger partial charge >= 0.3 is 0 Å². The summed E-state index contributed by atoms with van der Waals surface area (Å²) in [6.07, 6.45) is 3.87. The number of benzene rings is 1. The SMILES string of the molecule is CCc1ccc(S(=O)(=O)Nc2ccncc2C)cc1CO. The number of pyridine rings is 1. The number of rotatable bonds is 5. The Bertz CT molecular complexity index is 742. The van der Waals surface area contributed by atoms with Gasteiger partial charge in [0, 0.05) is 12.4 Å². The van der Waals surface area contributed by atoms with Crippen molar-refractivity contribution in [3.05, 3.63) is 53.3 Å². The largest absolute Gasteiger partial charge is 0.392 e. The van der Waals surface area contributed by atoms with Crippen molar-refractivity contribution in [1.29, 1.82) is 0 Å². The van der Waals surface area contributed by atoms with Crippen molar-refractivity contribution in [2.24, 2.45) is 0 Å². The summed E-state index contributed by atoms with van der Waals surface area (Å²) in [4.78, 5) is 4.07. The molecule has 0 aliphatic rings. The van der Waals surface area contributed by atoms with Gasteiger partial charge in [-0.15, -0.1) is 0 Å². The quantitative estimate of drug-likeness (QED) is 0.888. The molecule has 6 heteroatoms. The van der Waals surface area contributed by atoms with Gasteiger partial charge in [0.1, 0.15) is 0 Å². The van der Waals surface area contributed by atoms with Crippen molar-refractivity contribution in [1.82, 2.24) is 4.98 Å². The Balaban J connectivity index is 2.38.